The maximum absolute atomic E-state index is 13.4. The number of likely N-dealkylation sites (N-methyl/N-ethyl adjacent to an activating group) is 1. The number of anilines is 1. The van der Waals surface area contributed by atoms with Crippen molar-refractivity contribution in [2.75, 3.05) is 32.6 Å². The summed E-state index contributed by atoms with van der Waals surface area (Å²) in [6.07, 6.45) is 0.422. The molecule has 1 aromatic carbocycles. The summed E-state index contributed by atoms with van der Waals surface area (Å²) in [7, 11) is 3.40. The first kappa shape index (κ1) is 31.2. The summed E-state index contributed by atoms with van der Waals surface area (Å²) in [6.45, 7) is 1.07. The van der Waals surface area contributed by atoms with Crippen molar-refractivity contribution in [3.63, 3.8) is 0 Å². The highest BCUT2D eigenvalue weighted by molar-refractivity contribution is 6.34. The first-order valence-corrected chi connectivity index (χ1v) is 11.4. The summed E-state index contributed by atoms with van der Waals surface area (Å²) in [6, 6.07) is 1.54. The van der Waals surface area contributed by atoms with Crippen LogP contribution in [0.25, 0.3) is 5.76 Å². The number of rotatable bonds is 8. The van der Waals surface area contributed by atoms with Gasteiger partial charge in [0.2, 0.25) is 5.91 Å². The maximum atomic E-state index is 13.4. The van der Waals surface area contributed by atoms with Gasteiger partial charge in [0, 0.05) is 15.0 Å². The molecule has 1 amide bonds. The van der Waals surface area contributed by atoms with Crippen molar-refractivity contribution in [3.8, 4) is 5.75 Å². The van der Waals surface area contributed by atoms with Crippen LogP contribution < -0.4 is 5.32 Å². The Kier molecular flexibility index (Phi) is 10.8. The van der Waals surface area contributed by atoms with Crippen LogP contribution in [0.2, 0.25) is 5.02 Å². The summed E-state index contributed by atoms with van der Waals surface area (Å²) in [5.74, 6) is -4.94. The smallest absolute Gasteiger partial charge is 0.238 e. The number of carbonyl (C=O) groups is 4. The van der Waals surface area contributed by atoms with E-state index in [9.17, 15) is 34.5 Å². The van der Waals surface area contributed by atoms with Gasteiger partial charge in [-0.3, -0.25) is 19.2 Å². The van der Waals surface area contributed by atoms with Gasteiger partial charge in [-0.25, -0.2) is 0 Å². The third kappa shape index (κ3) is 6.11. The lowest BCUT2D eigenvalue weighted by molar-refractivity contribution is -0.137. The lowest BCUT2D eigenvalue weighted by Gasteiger charge is -2.39. The molecule has 1 aromatic rings. The monoisotopic (exact) mass is 532 g/mol. The van der Waals surface area contributed by atoms with Crippen LogP contribution in [0.3, 0.4) is 0 Å². The van der Waals surface area contributed by atoms with E-state index in [2.05, 4.69) is 5.32 Å². The van der Waals surface area contributed by atoms with Crippen LogP contribution in [0.15, 0.2) is 11.6 Å². The van der Waals surface area contributed by atoms with Gasteiger partial charge in [0.25, 0.3) is 0 Å². The van der Waals surface area contributed by atoms with Crippen molar-refractivity contribution >= 4 is 46.3 Å². The number of nitrogens with zero attached hydrogens (tertiary/aromatic N) is 1. The van der Waals surface area contributed by atoms with Crippen LogP contribution in [0.4, 0.5) is 5.69 Å². The average molecular weight is 533 g/mol. The number of benzene rings is 1. The molecule has 0 radical (unpaired) electrons. The summed E-state index contributed by atoms with van der Waals surface area (Å²) < 4.78 is 0. The second-order valence-electron chi connectivity index (χ2n) is 9.26. The van der Waals surface area contributed by atoms with Crippen LogP contribution in [0.1, 0.15) is 40.2 Å². The molecule has 2 aliphatic carbocycles. The standard InChI is InChI=1S/C24H29ClN2O7.2H2O.2H2/c1-11(29)6-16(30)18-12(4-5-28)7-13-8-14-9-15(25)21(26-17(31)10-27(2)3)24(34)20(14)23(33)19(13)22(18)32;;;;/h9,12-13,18,28,33-34H,4-8,10H2,1-3H3,(H,26,31);2*1H2;2*1H. The molecule has 0 heterocycles. The van der Waals surface area contributed by atoms with E-state index in [4.69, 9.17) is 11.6 Å². The Bertz CT molecular complexity index is 1100. The number of aliphatic hydroxyl groups is 2. The number of carbonyl (C=O) groups excluding carboxylic acids is 4. The molecule has 0 bridgehead atoms. The van der Waals surface area contributed by atoms with Crippen molar-refractivity contribution in [1.82, 2.24) is 4.90 Å². The molecule has 0 aromatic heterocycles. The minimum absolute atomic E-state index is 0. The van der Waals surface area contributed by atoms with Crippen molar-refractivity contribution in [2.24, 2.45) is 17.8 Å². The van der Waals surface area contributed by atoms with E-state index in [1.54, 1.807) is 19.0 Å². The van der Waals surface area contributed by atoms with Gasteiger partial charge in [0.1, 0.15) is 17.2 Å². The highest BCUT2D eigenvalue weighted by Gasteiger charge is 2.47. The Morgan fingerprint density at radius 2 is 1.86 bits per heavy atom. The Morgan fingerprint density at radius 1 is 1.22 bits per heavy atom. The van der Waals surface area contributed by atoms with Gasteiger partial charge in [-0.05, 0) is 63.7 Å². The molecule has 1 saturated carbocycles. The fourth-order valence-electron chi connectivity index (χ4n) is 5.01. The third-order valence-corrected chi connectivity index (χ3v) is 6.60. The Labute approximate surface area is 216 Å². The van der Waals surface area contributed by atoms with Gasteiger partial charge in [-0.2, -0.15) is 0 Å². The zero-order valence-corrected chi connectivity index (χ0v) is 21.1. The van der Waals surface area contributed by atoms with Gasteiger partial charge >= 0.3 is 0 Å². The summed E-state index contributed by atoms with van der Waals surface area (Å²) in [4.78, 5) is 51.6. The van der Waals surface area contributed by atoms with Crippen molar-refractivity contribution in [2.45, 2.75) is 32.6 Å². The second-order valence-corrected chi connectivity index (χ2v) is 9.67. The number of allylic oxidation sites excluding steroid dienone is 1. The number of aliphatic hydroxyl groups excluding tert-OH is 2. The van der Waals surface area contributed by atoms with Gasteiger partial charge in [-0.1, -0.05) is 11.6 Å². The number of phenols is 1. The first-order valence-electron chi connectivity index (χ1n) is 11.1. The molecule has 204 valence electrons. The number of Topliss-reactive ketones (excluding diaryl/α,β-unsaturated/α-hetero) is 3. The third-order valence-electron chi connectivity index (χ3n) is 6.30. The molecule has 3 rings (SSSR count). The van der Waals surface area contributed by atoms with Crippen molar-refractivity contribution < 1.29 is 48.3 Å². The van der Waals surface area contributed by atoms with E-state index in [0.717, 1.165) is 0 Å². The van der Waals surface area contributed by atoms with Gasteiger partial charge in [-0.15, -0.1) is 0 Å². The van der Waals surface area contributed by atoms with Crippen LogP contribution >= 0.6 is 11.6 Å². The molecule has 11 nitrogen and oxygen atoms in total. The van der Waals surface area contributed by atoms with Gasteiger partial charge in [0.05, 0.1) is 29.5 Å². The maximum Gasteiger partial charge on any atom is 0.238 e. The van der Waals surface area contributed by atoms with E-state index in [1.165, 1.54) is 13.0 Å². The summed E-state index contributed by atoms with van der Waals surface area (Å²) >= 11 is 6.33. The number of aromatic hydroxyl groups is 1. The number of fused-ring (bicyclic) bond motifs is 2. The zero-order chi connectivity index (χ0) is 25.3. The molecule has 0 spiro atoms. The topological polar surface area (TPSA) is 207 Å². The molecule has 8 N–H and O–H groups in total. The molecule has 1 fully saturated rings. The number of ketones is 3. The van der Waals surface area contributed by atoms with E-state index in [0.29, 0.717) is 12.0 Å². The molecule has 3 unspecified atom stereocenters. The van der Waals surface area contributed by atoms with E-state index < -0.39 is 53.2 Å². The number of nitrogens with one attached hydrogen (secondary N) is 1. The van der Waals surface area contributed by atoms with Crippen LogP contribution in [0, 0.1) is 17.8 Å². The predicted molar refractivity (Wildman–Crippen MR) is 137 cm³/mol. The number of phenolic OH excluding ortho intramolecular Hbond substituents is 1. The first-order chi connectivity index (χ1) is 16.0. The highest BCUT2D eigenvalue weighted by atomic mass is 35.5. The fourth-order valence-corrected chi connectivity index (χ4v) is 5.28. The minimum atomic E-state index is -1.15. The molecule has 0 aliphatic heterocycles. The molecule has 0 saturated heterocycles. The lowest BCUT2D eigenvalue weighted by atomic mass is 9.63. The fraction of sp³-hybridized carbons (Fsp3) is 0.500. The Hall–Kier alpha value is -2.83. The lowest BCUT2D eigenvalue weighted by Crippen LogP contribution is -2.43. The predicted octanol–water partition coefficient (Wildman–Crippen LogP) is 0.965. The van der Waals surface area contributed by atoms with E-state index in [-0.39, 0.29) is 67.4 Å². The van der Waals surface area contributed by atoms with Crippen LogP contribution in [-0.2, 0) is 25.6 Å². The van der Waals surface area contributed by atoms with Gasteiger partial charge in [0.15, 0.2) is 17.3 Å². The van der Waals surface area contributed by atoms with Crippen LogP contribution in [0.5, 0.6) is 5.75 Å². The normalized spacial score (nSPS) is 20.6. The number of halogens is 1. The number of hydrogen-bond acceptors (Lipinski definition) is 8. The zero-order valence-electron chi connectivity index (χ0n) is 20.4. The second kappa shape index (κ2) is 12.4. The SMILES string of the molecule is CC(=O)CC(=O)C1C(=O)C2=C(O)c3c(cc(Cl)c(NC(=O)CN(C)C)c3O)CC2CC1CCO.O.O.[HH].[HH]. The average Bonchev–Trinajstić information content (AvgIpc) is 2.69. The van der Waals surface area contributed by atoms with E-state index in [1.807, 2.05) is 0 Å². The summed E-state index contributed by atoms with van der Waals surface area (Å²) in [5.41, 5.74) is 0.432. The Balaban J connectivity index is 0. The molecule has 3 atom stereocenters. The highest BCUT2D eigenvalue weighted by Crippen LogP contribution is 2.50. The number of amides is 1. The summed E-state index contributed by atoms with van der Waals surface area (Å²) in [5, 5.41) is 34.1. The van der Waals surface area contributed by atoms with Crippen LogP contribution in [-0.4, -0.2) is 81.7 Å². The van der Waals surface area contributed by atoms with Gasteiger partial charge < -0.3 is 36.5 Å². The van der Waals surface area contributed by atoms with E-state index >= 15 is 0 Å². The van der Waals surface area contributed by atoms with Crippen molar-refractivity contribution in [1.29, 1.82) is 0 Å². The largest absolute Gasteiger partial charge is 0.507 e. The quantitative estimate of drug-likeness (QED) is 0.279. The Morgan fingerprint density at radius 3 is 2.42 bits per heavy atom. The molecular formula is C24H37ClN2O9. The molecule has 36 heavy (non-hydrogen) atoms. The molecular weight excluding hydrogens is 496 g/mol. The minimum Gasteiger partial charge on any atom is -0.507 e. The molecule has 12 heteroatoms. The van der Waals surface area contributed by atoms with Crippen molar-refractivity contribution in [3.05, 3.63) is 27.8 Å². The number of hydrogen-bond donors (Lipinski definition) is 4. The molecule has 2 aliphatic rings.